The molecular formula is C16H17N5O3. The van der Waals surface area contributed by atoms with Gasteiger partial charge in [0.1, 0.15) is 5.75 Å². The molecule has 1 saturated heterocycles. The summed E-state index contributed by atoms with van der Waals surface area (Å²) in [5.74, 6) is 0.195. The van der Waals surface area contributed by atoms with E-state index >= 15 is 0 Å². The number of nitrogens with two attached hydrogens (primary N) is 1. The number of nitrogen functional groups attached to an aromatic ring is 1. The third kappa shape index (κ3) is 2.98. The molecule has 1 aliphatic rings. The zero-order chi connectivity index (χ0) is 17.1. The Labute approximate surface area is 138 Å². The van der Waals surface area contributed by atoms with E-state index in [1.165, 1.54) is 19.5 Å². The van der Waals surface area contributed by atoms with Gasteiger partial charge in [0.2, 0.25) is 5.91 Å². The number of aromatic nitrogens is 2. The Morgan fingerprint density at radius 1 is 1.33 bits per heavy atom. The minimum absolute atomic E-state index is 0.0370. The number of hydrogen-bond acceptors (Lipinski definition) is 6. The second kappa shape index (κ2) is 6.53. The van der Waals surface area contributed by atoms with Gasteiger partial charge < -0.3 is 20.7 Å². The number of carbonyl (C=O) groups is 2. The van der Waals surface area contributed by atoms with Gasteiger partial charge in [-0.15, -0.1) is 0 Å². The number of benzene rings is 1. The van der Waals surface area contributed by atoms with Crippen molar-refractivity contribution in [3.05, 3.63) is 36.3 Å². The van der Waals surface area contributed by atoms with Gasteiger partial charge in [-0.05, 0) is 24.6 Å². The molecular weight excluding hydrogens is 310 g/mol. The van der Waals surface area contributed by atoms with Gasteiger partial charge in [0, 0.05) is 31.0 Å². The third-order valence-electron chi connectivity index (χ3n) is 3.74. The highest BCUT2D eigenvalue weighted by Crippen LogP contribution is 2.34. The van der Waals surface area contributed by atoms with Crippen LogP contribution in [0.5, 0.6) is 5.75 Å². The van der Waals surface area contributed by atoms with E-state index in [1.807, 2.05) is 0 Å². The fourth-order valence-corrected chi connectivity index (χ4v) is 2.60. The average molecular weight is 327 g/mol. The van der Waals surface area contributed by atoms with Crippen molar-refractivity contribution in [1.82, 2.24) is 9.97 Å². The highest BCUT2D eigenvalue weighted by atomic mass is 16.5. The van der Waals surface area contributed by atoms with Crippen LogP contribution in [0.3, 0.4) is 0 Å². The van der Waals surface area contributed by atoms with Gasteiger partial charge in [-0.25, -0.2) is 9.97 Å². The molecule has 124 valence electrons. The molecule has 0 saturated carbocycles. The molecule has 2 amide bonds. The number of ether oxygens (including phenoxy) is 1. The predicted molar refractivity (Wildman–Crippen MR) is 89.0 cm³/mol. The summed E-state index contributed by atoms with van der Waals surface area (Å²) in [6.07, 6.45) is 4.12. The largest absolute Gasteiger partial charge is 0.495 e. The van der Waals surface area contributed by atoms with Crippen LogP contribution >= 0.6 is 0 Å². The molecule has 1 fully saturated rings. The van der Waals surface area contributed by atoms with E-state index in [-0.39, 0.29) is 17.4 Å². The van der Waals surface area contributed by atoms with E-state index in [9.17, 15) is 9.59 Å². The van der Waals surface area contributed by atoms with E-state index in [0.29, 0.717) is 30.1 Å². The van der Waals surface area contributed by atoms with Crippen LogP contribution in [0.25, 0.3) is 0 Å². The molecule has 0 radical (unpaired) electrons. The Hall–Kier alpha value is -3.16. The molecule has 8 heteroatoms. The fraction of sp³-hybridized carbons (Fsp3) is 0.250. The van der Waals surface area contributed by atoms with Crippen molar-refractivity contribution < 1.29 is 14.3 Å². The van der Waals surface area contributed by atoms with Gasteiger partial charge in [0.25, 0.3) is 5.91 Å². The number of anilines is 3. The Morgan fingerprint density at radius 3 is 2.79 bits per heavy atom. The molecule has 0 bridgehead atoms. The van der Waals surface area contributed by atoms with Crippen LogP contribution < -0.4 is 20.7 Å². The Bertz CT molecular complexity index is 793. The molecule has 0 unspecified atom stereocenters. The summed E-state index contributed by atoms with van der Waals surface area (Å²) in [5.41, 5.74) is 6.85. The zero-order valence-corrected chi connectivity index (χ0v) is 13.2. The second-order valence-electron chi connectivity index (χ2n) is 5.28. The van der Waals surface area contributed by atoms with Crippen molar-refractivity contribution in [3.8, 4) is 5.75 Å². The molecule has 1 aromatic carbocycles. The van der Waals surface area contributed by atoms with Crippen LogP contribution in [-0.4, -0.2) is 35.4 Å². The average Bonchev–Trinajstić information content (AvgIpc) is 3.01. The van der Waals surface area contributed by atoms with E-state index in [2.05, 4.69) is 15.3 Å². The zero-order valence-electron chi connectivity index (χ0n) is 13.2. The summed E-state index contributed by atoms with van der Waals surface area (Å²) in [5, 5.41) is 2.71. The number of nitrogens with zero attached hydrogens (tertiary/aromatic N) is 3. The highest BCUT2D eigenvalue weighted by molar-refractivity contribution is 6.06. The highest BCUT2D eigenvalue weighted by Gasteiger charge is 2.25. The maximum Gasteiger partial charge on any atom is 0.278 e. The molecule has 3 N–H and O–H groups in total. The number of hydrogen-bond donors (Lipinski definition) is 2. The summed E-state index contributed by atoms with van der Waals surface area (Å²) < 4.78 is 5.32. The van der Waals surface area contributed by atoms with Crippen LogP contribution in [0.2, 0.25) is 0 Å². The number of carbonyl (C=O) groups excluding carboxylic acids is 2. The van der Waals surface area contributed by atoms with Crippen molar-refractivity contribution in [2.24, 2.45) is 0 Å². The molecule has 0 spiro atoms. The molecule has 1 aromatic heterocycles. The maximum absolute atomic E-state index is 12.3. The maximum atomic E-state index is 12.3. The van der Waals surface area contributed by atoms with Gasteiger partial charge in [-0.2, -0.15) is 0 Å². The first-order valence-electron chi connectivity index (χ1n) is 7.46. The first-order chi connectivity index (χ1) is 11.6. The quantitative estimate of drug-likeness (QED) is 0.879. The summed E-state index contributed by atoms with van der Waals surface area (Å²) in [6, 6.07) is 5.09. The smallest absolute Gasteiger partial charge is 0.278 e. The van der Waals surface area contributed by atoms with Gasteiger partial charge in [-0.3, -0.25) is 9.59 Å². The lowest BCUT2D eigenvalue weighted by Crippen LogP contribution is -2.24. The standard InChI is InChI=1S/C16H17N5O3/c1-24-12-5-4-10(9-11(12)21-8-2-3-13(21)22)20-16(23)14-15(17)19-7-6-18-14/h4-7,9H,2-3,8H2,1H3,(H2,17,19)(H,20,23). The lowest BCUT2D eigenvalue weighted by atomic mass is 10.2. The molecule has 2 aromatic rings. The molecule has 8 nitrogen and oxygen atoms in total. The molecule has 1 aliphatic heterocycles. The first kappa shape index (κ1) is 15.7. The SMILES string of the molecule is COc1ccc(NC(=O)c2nccnc2N)cc1N1CCCC1=O. The van der Waals surface area contributed by atoms with E-state index in [4.69, 9.17) is 10.5 Å². The lowest BCUT2D eigenvalue weighted by Gasteiger charge is -2.20. The number of rotatable bonds is 4. The van der Waals surface area contributed by atoms with Crippen LogP contribution in [0, 0.1) is 0 Å². The second-order valence-corrected chi connectivity index (χ2v) is 5.28. The van der Waals surface area contributed by atoms with Gasteiger partial charge >= 0.3 is 0 Å². The van der Waals surface area contributed by atoms with Crippen molar-refractivity contribution >= 4 is 29.0 Å². The summed E-state index contributed by atoms with van der Waals surface area (Å²) >= 11 is 0. The number of amides is 2. The van der Waals surface area contributed by atoms with E-state index < -0.39 is 5.91 Å². The molecule has 2 heterocycles. The molecule has 0 aliphatic carbocycles. The Balaban J connectivity index is 1.88. The van der Waals surface area contributed by atoms with Crippen LogP contribution in [-0.2, 0) is 4.79 Å². The summed E-state index contributed by atoms with van der Waals surface area (Å²) in [6.45, 7) is 0.629. The predicted octanol–water partition coefficient (Wildman–Crippen LogP) is 1.45. The van der Waals surface area contributed by atoms with Gasteiger partial charge in [0.05, 0.1) is 12.8 Å². The normalized spacial score (nSPS) is 13.9. The fourth-order valence-electron chi connectivity index (χ4n) is 2.60. The van der Waals surface area contributed by atoms with Crippen molar-refractivity contribution in [1.29, 1.82) is 0 Å². The molecule has 24 heavy (non-hydrogen) atoms. The minimum atomic E-state index is -0.468. The van der Waals surface area contributed by atoms with Crippen LogP contribution in [0.4, 0.5) is 17.2 Å². The van der Waals surface area contributed by atoms with E-state index in [0.717, 1.165) is 6.42 Å². The van der Waals surface area contributed by atoms with Gasteiger partial charge in [0.15, 0.2) is 11.5 Å². The van der Waals surface area contributed by atoms with Crippen LogP contribution in [0.15, 0.2) is 30.6 Å². The van der Waals surface area contributed by atoms with Crippen molar-refractivity contribution in [2.45, 2.75) is 12.8 Å². The Kier molecular flexibility index (Phi) is 4.28. The topological polar surface area (TPSA) is 110 Å². The molecule has 0 atom stereocenters. The third-order valence-corrected chi connectivity index (χ3v) is 3.74. The molecule has 3 rings (SSSR count). The van der Waals surface area contributed by atoms with E-state index in [1.54, 1.807) is 23.1 Å². The summed E-state index contributed by atoms with van der Waals surface area (Å²) in [4.78, 5) is 33.7. The monoisotopic (exact) mass is 327 g/mol. The first-order valence-corrected chi connectivity index (χ1v) is 7.46. The Morgan fingerprint density at radius 2 is 2.12 bits per heavy atom. The van der Waals surface area contributed by atoms with Gasteiger partial charge in [-0.1, -0.05) is 0 Å². The van der Waals surface area contributed by atoms with Crippen molar-refractivity contribution in [3.63, 3.8) is 0 Å². The number of methoxy groups -OCH3 is 1. The lowest BCUT2D eigenvalue weighted by molar-refractivity contribution is -0.117. The summed E-state index contributed by atoms with van der Waals surface area (Å²) in [7, 11) is 1.54. The van der Waals surface area contributed by atoms with Crippen LogP contribution in [0.1, 0.15) is 23.3 Å². The van der Waals surface area contributed by atoms with Crippen molar-refractivity contribution in [2.75, 3.05) is 29.6 Å². The minimum Gasteiger partial charge on any atom is -0.495 e. The number of nitrogens with one attached hydrogen (secondary N) is 1.